The SMILES string of the molecule is CCCN1C(=O)/C(=C/c2ccc(OCc3ccccc3Cl)c(OCC)c2)SC1=Nc1ccc(OC)cc1. The summed E-state index contributed by atoms with van der Waals surface area (Å²) in [5.41, 5.74) is 2.49. The van der Waals surface area contributed by atoms with Gasteiger partial charge >= 0.3 is 0 Å². The zero-order chi connectivity index (χ0) is 26.2. The summed E-state index contributed by atoms with van der Waals surface area (Å²) in [4.78, 5) is 20.3. The maximum Gasteiger partial charge on any atom is 0.266 e. The number of hydrogen-bond acceptors (Lipinski definition) is 6. The van der Waals surface area contributed by atoms with Gasteiger partial charge in [-0.15, -0.1) is 0 Å². The highest BCUT2D eigenvalue weighted by molar-refractivity contribution is 8.18. The van der Waals surface area contributed by atoms with Gasteiger partial charge in [0, 0.05) is 17.1 Å². The number of halogens is 1. The zero-order valence-corrected chi connectivity index (χ0v) is 22.6. The van der Waals surface area contributed by atoms with Crippen LogP contribution < -0.4 is 14.2 Å². The third-order valence-corrected chi connectivity index (χ3v) is 6.91. The first-order valence-electron chi connectivity index (χ1n) is 12.1. The van der Waals surface area contributed by atoms with E-state index >= 15 is 0 Å². The molecule has 6 nitrogen and oxygen atoms in total. The fraction of sp³-hybridized carbons (Fsp3) is 0.241. The zero-order valence-electron chi connectivity index (χ0n) is 21.1. The van der Waals surface area contributed by atoms with Crippen molar-refractivity contribution in [1.82, 2.24) is 4.90 Å². The van der Waals surface area contributed by atoms with E-state index in [9.17, 15) is 4.79 Å². The van der Waals surface area contributed by atoms with Gasteiger partial charge in [0.25, 0.3) is 5.91 Å². The molecule has 37 heavy (non-hydrogen) atoms. The van der Waals surface area contributed by atoms with E-state index in [-0.39, 0.29) is 5.91 Å². The van der Waals surface area contributed by atoms with Gasteiger partial charge < -0.3 is 14.2 Å². The van der Waals surface area contributed by atoms with E-state index in [0.717, 1.165) is 29.0 Å². The Kier molecular flexibility index (Phi) is 9.14. The Morgan fingerprint density at radius 3 is 2.49 bits per heavy atom. The largest absolute Gasteiger partial charge is 0.497 e. The topological polar surface area (TPSA) is 60.4 Å². The molecule has 4 rings (SSSR count). The van der Waals surface area contributed by atoms with E-state index in [2.05, 4.69) is 0 Å². The van der Waals surface area contributed by atoms with Gasteiger partial charge in [-0.3, -0.25) is 9.69 Å². The van der Waals surface area contributed by atoms with E-state index in [0.29, 0.717) is 46.4 Å². The highest BCUT2D eigenvalue weighted by Crippen LogP contribution is 2.36. The molecular weight excluding hydrogens is 508 g/mol. The first-order valence-corrected chi connectivity index (χ1v) is 13.3. The molecule has 1 saturated heterocycles. The van der Waals surface area contributed by atoms with Crippen LogP contribution in [0.25, 0.3) is 6.08 Å². The lowest BCUT2D eigenvalue weighted by Gasteiger charge is -2.14. The fourth-order valence-corrected chi connectivity index (χ4v) is 4.92. The number of ether oxygens (including phenoxy) is 3. The first-order chi connectivity index (χ1) is 18.0. The fourth-order valence-electron chi connectivity index (χ4n) is 3.70. The molecule has 0 aliphatic carbocycles. The number of amidine groups is 1. The molecule has 0 unspecified atom stereocenters. The molecule has 8 heteroatoms. The van der Waals surface area contributed by atoms with Crippen molar-refractivity contribution in [3.05, 3.63) is 87.8 Å². The Morgan fingerprint density at radius 2 is 1.78 bits per heavy atom. The van der Waals surface area contributed by atoms with Gasteiger partial charge in [0.15, 0.2) is 16.7 Å². The van der Waals surface area contributed by atoms with Crippen LogP contribution in [0.5, 0.6) is 17.2 Å². The van der Waals surface area contributed by atoms with Gasteiger partial charge in [0.2, 0.25) is 0 Å². The van der Waals surface area contributed by atoms with Crippen molar-refractivity contribution in [2.24, 2.45) is 4.99 Å². The molecule has 192 valence electrons. The van der Waals surface area contributed by atoms with Crippen molar-refractivity contribution in [2.45, 2.75) is 26.9 Å². The lowest BCUT2D eigenvalue weighted by atomic mass is 10.1. The monoisotopic (exact) mass is 536 g/mol. The summed E-state index contributed by atoms with van der Waals surface area (Å²) in [6.45, 7) is 5.37. The molecule has 0 atom stereocenters. The highest BCUT2D eigenvalue weighted by atomic mass is 35.5. The van der Waals surface area contributed by atoms with Crippen LogP contribution in [-0.2, 0) is 11.4 Å². The molecule has 0 saturated carbocycles. The van der Waals surface area contributed by atoms with Gasteiger partial charge in [-0.05, 0) is 79.2 Å². The van der Waals surface area contributed by atoms with Crippen LogP contribution in [0.15, 0.2) is 76.6 Å². The molecule has 1 fully saturated rings. The maximum atomic E-state index is 13.2. The van der Waals surface area contributed by atoms with E-state index in [1.54, 1.807) is 12.0 Å². The average molecular weight is 537 g/mol. The van der Waals surface area contributed by atoms with Crippen LogP contribution in [0, 0.1) is 0 Å². The van der Waals surface area contributed by atoms with Gasteiger partial charge in [-0.2, -0.15) is 0 Å². The minimum Gasteiger partial charge on any atom is -0.497 e. The number of carbonyl (C=O) groups is 1. The molecule has 0 spiro atoms. The molecule has 1 aliphatic heterocycles. The van der Waals surface area contributed by atoms with Crippen LogP contribution in [0.1, 0.15) is 31.4 Å². The standard InChI is InChI=1S/C29H29ClN2O4S/c1-4-16-32-28(33)27(37-29(32)31-22-11-13-23(34-3)14-12-22)18-20-10-15-25(26(17-20)35-5-2)36-19-21-8-6-7-9-24(21)30/h6-15,17-18H,4-5,16,19H2,1-3H3/b27-18-,31-29?. The van der Waals surface area contributed by atoms with Crippen LogP contribution in [-0.4, -0.2) is 36.2 Å². The number of hydrogen-bond donors (Lipinski definition) is 0. The van der Waals surface area contributed by atoms with Gasteiger partial charge in [0.1, 0.15) is 12.4 Å². The lowest BCUT2D eigenvalue weighted by molar-refractivity contribution is -0.122. The number of benzene rings is 3. The van der Waals surface area contributed by atoms with Gasteiger partial charge in [-0.1, -0.05) is 42.8 Å². The van der Waals surface area contributed by atoms with Gasteiger partial charge in [0.05, 0.1) is 24.3 Å². The van der Waals surface area contributed by atoms with Gasteiger partial charge in [-0.25, -0.2) is 4.99 Å². The van der Waals surface area contributed by atoms with Crippen molar-refractivity contribution in [3.8, 4) is 17.2 Å². The third kappa shape index (κ3) is 6.67. The molecule has 0 N–H and O–H groups in total. The number of nitrogens with zero attached hydrogens (tertiary/aromatic N) is 2. The Hall–Kier alpha value is -3.42. The Balaban J connectivity index is 1.57. The van der Waals surface area contributed by atoms with E-state index in [1.807, 2.05) is 86.7 Å². The second-order valence-electron chi connectivity index (χ2n) is 8.18. The lowest BCUT2D eigenvalue weighted by Crippen LogP contribution is -2.29. The van der Waals surface area contributed by atoms with Crippen molar-refractivity contribution >= 4 is 46.2 Å². The summed E-state index contributed by atoms with van der Waals surface area (Å²) in [6.07, 6.45) is 2.69. The van der Waals surface area contributed by atoms with E-state index < -0.39 is 0 Å². The number of rotatable bonds is 10. The van der Waals surface area contributed by atoms with Crippen LogP contribution in [0.2, 0.25) is 5.02 Å². The smallest absolute Gasteiger partial charge is 0.266 e. The second kappa shape index (κ2) is 12.7. The number of thioether (sulfide) groups is 1. The molecule has 1 amide bonds. The Morgan fingerprint density at radius 1 is 1.00 bits per heavy atom. The predicted octanol–water partition coefficient (Wildman–Crippen LogP) is 7.34. The van der Waals surface area contributed by atoms with E-state index in [1.165, 1.54) is 11.8 Å². The van der Waals surface area contributed by atoms with Crippen LogP contribution in [0.3, 0.4) is 0 Å². The second-order valence-corrected chi connectivity index (χ2v) is 9.60. The molecule has 1 heterocycles. The summed E-state index contributed by atoms with van der Waals surface area (Å²) < 4.78 is 17.1. The summed E-state index contributed by atoms with van der Waals surface area (Å²) >= 11 is 7.63. The summed E-state index contributed by atoms with van der Waals surface area (Å²) in [6, 6.07) is 20.7. The first kappa shape index (κ1) is 26.6. The van der Waals surface area contributed by atoms with Crippen molar-refractivity contribution in [2.75, 3.05) is 20.3 Å². The molecule has 3 aromatic rings. The minimum atomic E-state index is -0.0592. The van der Waals surface area contributed by atoms with E-state index in [4.69, 9.17) is 30.8 Å². The molecule has 0 aromatic heterocycles. The average Bonchev–Trinajstić information content (AvgIpc) is 3.19. The number of amides is 1. The highest BCUT2D eigenvalue weighted by Gasteiger charge is 2.32. The normalized spacial score (nSPS) is 15.5. The van der Waals surface area contributed by atoms with Crippen molar-refractivity contribution in [1.29, 1.82) is 0 Å². The number of methoxy groups -OCH3 is 1. The van der Waals surface area contributed by atoms with Crippen LogP contribution in [0.4, 0.5) is 5.69 Å². The summed E-state index contributed by atoms with van der Waals surface area (Å²) in [7, 11) is 1.63. The Labute approximate surface area is 226 Å². The van der Waals surface area contributed by atoms with Crippen molar-refractivity contribution in [3.63, 3.8) is 0 Å². The molecule has 0 radical (unpaired) electrons. The number of aliphatic imine (C=N–C) groups is 1. The molecule has 0 bridgehead atoms. The number of carbonyl (C=O) groups excluding carboxylic acids is 1. The van der Waals surface area contributed by atoms with Crippen LogP contribution >= 0.6 is 23.4 Å². The summed E-state index contributed by atoms with van der Waals surface area (Å²) in [5.74, 6) is 1.92. The maximum absolute atomic E-state index is 13.2. The minimum absolute atomic E-state index is 0.0592. The predicted molar refractivity (Wildman–Crippen MR) is 151 cm³/mol. The third-order valence-electron chi connectivity index (χ3n) is 5.54. The Bertz CT molecular complexity index is 1310. The summed E-state index contributed by atoms with van der Waals surface area (Å²) in [5, 5.41) is 1.32. The molecule has 3 aromatic carbocycles. The molecule has 1 aliphatic rings. The quantitative estimate of drug-likeness (QED) is 0.254. The van der Waals surface area contributed by atoms with Crippen molar-refractivity contribution < 1.29 is 19.0 Å². The molecular formula is C29H29ClN2O4S.